The van der Waals surface area contributed by atoms with E-state index in [2.05, 4.69) is 0 Å². The van der Waals surface area contributed by atoms with Gasteiger partial charge in [-0.05, 0) is 19.4 Å². The number of allylic oxidation sites excluding steroid dienone is 1. The number of carbonyl (C=O) groups excluding carboxylic acids is 1. The first kappa shape index (κ1) is 15.7. The number of benzene rings is 1. The smallest absolute Gasteiger partial charge is 0.241 e. The van der Waals surface area contributed by atoms with Crippen molar-refractivity contribution in [3.63, 3.8) is 0 Å². The second kappa shape index (κ2) is 8.73. The number of ether oxygens (including phenoxy) is 1. The molecule has 0 aliphatic carbocycles. The zero-order valence-corrected chi connectivity index (χ0v) is 12.2. The van der Waals surface area contributed by atoms with Gasteiger partial charge in [-0.25, -0.2) is 0 Å². The number of hydrogen-bond donors (Lipinski definition) is 0. The van der Waals surface area contributed by atoms with Crippen molar-refractivity contribution < 1.29 is 9.53 Å². The molecule has 0 saturated heterocycles. The topological polar surface area (TPSA) is 29.5 Å². The molecule has 1 aromatic carbocycles. The monoisotopic (exact) mass is 281 g/mol. The van der Waals surface area contributed by atoms with Gasteiger partial charge in [-0.2, -0.15) is 0 Å². The summed E-state index contributed by atoms with van der Waals surface area (Å²) in [5.41, 5.74) is 1.87. The van der Waals surface area contributed by atoms with E-state index < -0.39 is 0 Å². The van der Waals surface area contributed by atoms with Gasteiger partial charge in [0.25, 0.3) is 0 Å². The van der Waals surface area contributed by atoms with Crippen LogP contribution in [0.1, 0.15) is 19.4 Å². The van der Waals surface area contributed by atoms with Crippen LogP contribution in [0.15, 0.2) is 36.4 Å². The maximum atomic E-state index is 12.0. The predicted molar refractivity (Wildman–Crippen MR) is 79.0 cm³/mol. The van der Waals surface area contributed by atoms with Crippen LogP contribution in [0.5, 0.6) is 0 Å². The lowest BCUT2D eigenvalue weighted by Gasteiger charge is -2.25. The summed E-state index contributed by atoms with van der Waals surface area (Å²) >= 11 is 5.69. The Labute approximate surface area is 119 Å². The molecule has 19 heavy (non-hydrogen) atoms. The summed E-state index contributed by atoms with van der Waals surface area (Å²) in [6.07, 6.45) is 1.92. The summed E-state index contributed by atoms with van der Waals surface area (Å²) in [6, 6.07) is 9.80. The minimum absolute atomic E-state index is 0.0314. The van der Waals surface area contributed by atoms with Gasteiger partial charge >= 0.3 is 0 Å². The van der Waals surface area contributed by atoms with Crippen molar-refractivity contribution in [3.05, 3.63) is 42.0 Å². The molecule has 104 valence electrons. The lowest BCUT2D eigenvalue weighted by Crippen LogP contribution is -2.33. The minimum Gasteiger partial charge on any atom is -0.380 e. The number of rotatable bonds is 7. The molecule has 0 fully saturated rings. The largest absolute Gasteiger partial charge is 0.380 e. The van der Waals surface area contributed by atoms with E-state index in [4.69, 9.17) is 16.3 Å². The lowest BCUT2D eigenvalue weighted by molar-refractivity contribution is -0.125. The third kappa shape index (κ3) is 4.69. The molecule has 0 N–H and O–H groups in total. The highest BCUT2D eigenvalue weighted by atomic mass is 35.5. The molecule has 0 bridgehead atoms. The molecule has 0 aromatic heterocycles. The lowest BCUT2D eigenvalue weighted by atomic mass is 10.1. The van der Waals surface area contributed by atoms with Gasteiger partial charge < -0.3 is 9.64 Å². The van der Waals surface area contributed by atoms with Gasteiger partial charge in [0, 0.05) is 18.8 Å². The molecule has 1 rings (SSSR count). The number of alkyl halides is 1. The van der Waals surface area contributed by atoms with Crippen LogP contribution in [0.25, 0.3) is 5.70 Å². The van der Waals surface area contributed by atoms with Crippen LogP contribution < -0.4 is 0 Å². The fraction of sp³-hybridized carbons (Fsp3) is 0.400. The standard InChI is InChI=1S/C15H20ClNO2/c1-3-14(13-8-6-5-7-9-13)17(15(18)12-16)10-11-19-4-2/h3,5-9H,4,10-12H2,1-2H3. The average Bonchev–Trinajstić information content (AvgIpc) is 2.47. The Kier molecular flexibility index (Phi) is 7.23. The van der Waals surface area contributed by atoms with E-state index in [1.807, 2.05) is 50.3 Å². The van der Waals surface area contributed by atoms with Crippen LogP contribution >= 0.6 is 11.6 Å². The molecule has 0 radical (unpaired) electrons. The Hall–Kier alpha value is -1.32. The van der Waals surface area contributed by atoms with Crippen molar-refractivity contribution in [2.75, 3.05) is 25.6 Å². The quantitative estimate of drug-likeness (QED) is 0.568. The number of nitrogens with zero attached hydrogens (tertiary/aromatic N) is 1. The van der Waals surface area contributed by atoms with E-state index in [-0.39, 0.29) is 11.8 Å². The van der Waals surface area contributed by atoms with Gasteiger partial charge in [0.05, 0.1) is 6.61 Å². The van der Waals surface area contributed by atoms with E-state index in [0.29, 0.717) is 19.8 Å². The zero-order chi connectivity index (χ0) is 14.1. The Morgan fingerprint density at radius 2 is 2.05 bits per heavy atom. The molecular formula is C15H20ClNO2. The Morgan fingerprint density at radius 1 is 1.37 bits per heavy atom. The first-order valence-electron chi connectivity index (χ1n) is 6.40. The first-order valence-corrected chi connectivity index (χ1v) is 6.93. The molecular weight excluding hydrogens is 262 g/mol. The van der Waals surface area contributed by atoms with Gasteiger partial charge in [0.1, 0.15) is 5.88 Å². The minimum atomic E-state index is -0.113. The van der Waals surface area contributed by atoms with Crippen molar-refractivity contribution in [2.45, 2.75) is 13.8 Å². The summed E-state index contributed by atoms with van der Waals surface area (Å²) in [6.45, 7) is 5.50. The molecule has 0 atom stereocenters. The van der Waals surface area contributed by atoms with Gasteiger partial charge in [0.15, 0.2) is 0 Å². The van der Waals surface area contributed by atoms with Gasteiger partial charge in [-0.3, -0.25) is 4.79 Å². The molecule has 0 saturated carbocycles. The third-order valence-corrected chi connectivity index (χ3v) is 2.94. The number of carbonyl (C=O) groups is 1. The van der Waals surface area contributed by atoms with E-state index in [0.717, 1.165) is 11.3 Å². The molecule has 0 spiro atoms. The van der Waals surface area contributed by atoms with Crippen LogP contribution in [0.2, 0.25) is 0 Å². The highest BCUT2D eigenvalue weighted by Gasteiger charge is 2.17. The summed E-state index contributed by atoms with van der Waals surface area (Å²) < 4.78 is 5.32. The van der Waals surface area contributed by atoms with Crippen molar-refractivity contribution in [2.24, 2.45) is 0 Å². The number of halogens is 1. The molecule has 3 nitrogen and oxygen atoms in total. The van der Waals surface area contributed by atoms with E-state index >= 15 is 0 Å². The maximum Gasteiger partial charge on any atom is 0.241 e. The highest BCUT2D eigenvalue weighted by molar-refractivity contribution is 6.27. The molecule has 0 unspecified atom stereocenters. The summed E-state index contributed by atoms with van der Waals surface area (Å²) in [5, 5.41) is 0. The first-order chi connectivity index (χ1) is 9.24. The average molecular weight is 282 g/mol. The van der Waals surface area contributed by atoms with E-state index in [9.17, 15) is 4.79 Å². The summed E-state index contributed by atoms with van der Waals surface area (Å²) in [7, 11) is 0. The molecule has 1 amide bonds. The van der Waals surface area contributed by atoms with Crippen LogP contribution in [-0.2, 0) is 9.53 Å². The van der Waals surface area contributed by atoms with Crippen LogP contribution in [-0.4, -0.2) is 36.4 Å². The SMILES string of the molecule is CC=C(c1ccccc1)N(CCOCC)C(=O)CCl. The van der Waals surface area contributed by atoms with Crippen molar-refractivity contribution in [1.82, 2.24) is 4.90 Å². The number of hydrogen-bond acceptors (Lipinski definition) is 2. The predicted octanol–water partition coefficient (Wildman–Crippen LogP) is 3.15. The van der Waals surface area contributed by atoms with Gasteiger partial charge in [0.2, 0.25) is 5.91 Å². The van der Waals surface area contributed by atoms with Crippen LogP contribution in [0.3, 0.4) is 0 Å². The maximum absolute atomic E-state index is 12.0. The fourth-order valence-corrected chi connectivity index (χ4v) is 1.98. The van der Waals surface area contributed by atoms with E-state index in [1.165, 1.54) is 0 Å². The Balaban J connectivity index is 2.91. The zero-order valence-electron chi connectivity index (χ0n) is 11.4. The van der Waals surface area contributed by atoms with Crippen molar-refractivity contribution >= 4 is 23.2 Å². The molecule has 0 heterocycles. The number of amides is 1. The molecule has 0 aliphatic heterocycles. The summed E-state index contributed by atoms with van der Waals surface area (Å²) in [4.78, 5) is 13.7. The molecule has 4 heteroatoms. The molecule has 1 aromatic rings. The van der Waals surface area contributed by atoms with Crippen LogP contribution in [0, 0.1) is 0 Å². The van der Waals surface area contributed by atoms with Crippen molar-refractivity contribution in [1.29, 1.82) is 0 Å². The van der Waals surface area contributed by atoms with Gasteiger partial charge in [-0.1, -0.05) is 36.4 Å². The Bertz CT molecular complexity index is 417. The van der Waals surface area contributed by atoms with Crippen molar-refractivity contribution in [3.8, 4) is 0 Å². The van der Waals surface area contributed by atoms with E-state index in [1.54, 1.807) is 4.90 Å². The third-order valence-electron chi connectivity index (χ3n) is 2.71. The fourth-order valence-electron chi connectivity index (χ4n) is 1.84. The summed E-state index contributed by atoms with van der Waals surface area (Å²) in [5.74, 6) is -0.144. The molecule has 0 aliphatic rings. The highest BCUT2D eigenvalue weighted by Crippen LogP contribution is 2.19. The van der Waals surface area contributed by atoms with Gasteiger partial charge in [-0.15, -0.1) is 11.6 Å². The van der Waals surface area contributed by atoms with Crippen LogP contribution in [0.4, 0.5) is 0 Å². The normalized spacial score (nSPS) is 11.4. The second-order valence-electron chi connectivity index (χ2n) is 3.92. The Morgan fingerprint density at radius 3 is 2.58 bits per heavy atom. The second-order valence-corrected chi connectivity index (χ2v) is 4.18.